The summed E-state index contributed by atoms with van der Waals surface area (Å²) in [6.45, 7) is 5.56. The van der Waals surface area contributed by atoms with E-state index in [-0.39, 0.29) is 48.0 Å². The van der Waals surface area contributed by atoms with Crippen LogP contribution < -0.4 is 16.2 Å². The standard InChI is InChI=1S/C26H31ClF3N5O3/c1-13(2)32-25-33-21-12-34(23(37)16-6-8-20(27)19(11-16)26(28,29)30)14(3)9-18(21)24(38)35(25)17-7-5-15(10-17)22(36)31-4/h6,8,11,13-15,17H,5,7,9-10,12H2,1-4H3,(H,31,36)(H,32,33)/t14-,15+,17-/m1/s1. The molecule has 1 aliphatic heterocycles. The Morgan fingerprint density at radius 1 is 1.21 bits per heavy atom. The summed E-state index contributed by atoms with van der Waals surface area (Å²) in [5.41, 5.74) is -0.549. The Kier molecular flexibility index (Phi) is 7.79. The smallest absolute Gasteiger partial charge is 0.359 e. The lowest BCUT2D eigenvalue weighted by molar-refractivity contribution is -0.137. The highest BCUT2D eigenvalue weighted by Crippen LogP contribution is 2.37. The number of hydrogen-bond acceptors (Lipinski definition) is 5. The first-order valence-electron chi connectivity index (χ1n) is 12.6. The van der Waals surface area contributed by atoms with Gasteiger partial charge < -0.3 is 15.5 Å². The molecule has 1 saturated carbocycles. The molecular formula is C26H31ClF3N5O3. The molecule has 1 aliphatic carbocycles. The summed E-state index contributed by atoms with van der Waals surface area (Å²) >= 11 is 5.73. The van der Waals surface area contributed by atoms with E-state index in [1.807, 2.05) is 13.8 Å². The Morgan fingerprint density at radius 3 is 2.55 bits per heavy atom. The van der Waals surface area contributed by atoms with Crippen molar-refractivity contribution in [1.82, 2.24) is 19.8 Å². The van der Waals surface area contributed by atoms with Crippen LogP contribution in [0, 0.1) is 5.92 Å². The number of aromatic nitrogens is 2. The summed E-state index contributed by atoms with van der Waals surface area (Å²) in [5, 5.41) is 5.42. The van der Waals surface area contributed by atoms with Gasteiger partial charge in [-0.15, -0.1) is 0 Å². The summed E-state index contributed by atoms with van der Waals surface area (Å²) in [6, 6.07) is 2.39. The number of alkyl halides is 3. The monoisotopic (exact) mass is 553 g/mol. The topological polar surface area (TPSA) is 96.3 Å². The molecule has 2 aromatic rings. The van der Waals surface area contributed by atoms with Gasteiger partial charge >= 0.3 is 6.18 Å². The highest BCUT2D eigenvalue weighted by atomic mass is 35.5. The summed E-state index contributed by atoms with van der Waals surface area (Å²) in [6.07, 6.45) is -2.65. The van der Waals surface area contributed by atoms with Gasteiger partial charge in [-0.3, -0.25) is 19.0 Å². The quantitative estimate of drug-likeness (QED) is 0.572. The predicted molar refractivity (Wildman–Crippen MR) is 137 cm³/mol. The molecule has 1 aromatic heterocycles. The van der Waals surface area contributed by atoms with Crippen molar-refractivity contribution >= 4 is 29.4 Å². The van der Waals surface area contributed by atoms with Crippen LogP contribution in [0.5, 0.6) is 0 Å². The molecule has 0 radical (unpaired) electrons. The van der Waals surface area contributed by atoms with Gasteiger partial charge in [-0.2, -0.15) is 13.2 Å². The second kappa shape index (κ2) is 10.6. The first-order valence-corrected chi connectivity index (χ1v) is 13.0. The normalized spacial score (nSPS) is 21.4. The van der Waals surface area contributed by atoms with E-state index < -0.39 is 28.7 Å². The van der Waals surface area contributed by atoms with Crippen LogP contribution in [0.1, 0.15) is 73.3 Å². The summed E-state index contributed by atoms with van der Waals surface area (Å²) in [5.74, 6) is -0.477. The van der Waals surface area contributed by atoms with Crippen molar-refractivity contribution in [3.63, 3.8) is 0 Å². The van der Waals surface area contributed by atoms with Crippen molar-refractivity contribution in [1.29, 1.82) is 0 Å². The molecule has 4 rings (SSSR count). The lowest BCUT2D eigenvalue weighted by atomic mass is 9.98. The first-order chi connectivity index (χ1) is 17.8. The van der Waals surface area contributed by atoms with Crippen molar-refractivity contribution in [2.24, 2.45) is 5.92 Å². The van der Waals surface area contributed by atoms with E-state index in [1.165, 1.54) is 11.0 Å². The number of hydrogen-bond donors (Lipinski definition) is 2. The third kappa shape index (κ3) is 5.39. The SMILES string of the molecule is CNC(=O)[C@H]1CC[C@@H](n2c(NC(C)C)nc3c(c2=O)C[C@@H](C)N(C(=O)c2ccc(Cl)c(C(F)(F)F)c2)C3)C1. The van der Waals surface area contributed by atoms with Gasteiger partial charge in [-0.25, -0.2) is 4.98 Å². The lowest BCUT2D eigenvalue weighted by Gasteiger charge is -2.35. The molecule has 38 heavy (non-hydrogen) atoms. The number of fused-ring (bicyclic) bond motifs is 1. The van der Waals surface area contributed by atoms with Crippen molar-refractivity contribution in [3.05, 3.63) is 56.0 Å². The van der Waals surface area contributed by atoms with Crippen LogP contribution in [-0.4, -0.2) is 45.4 Å². The molecule has 8 nitrogen and oxygen atoms in total. The van der Waals surface area contributed by atoms with Gasteiger partial charge in [0, 0.05) is 42.2 Å². The number of benzene rings is 1. The van der Waals surface area contributed by atoms with Gasteiger partial charge in [-0.1, -0.05) is 11.6 Å². The number of carbonyl (C=O) groups is 2. The number of halogens is 4. The number of carbonyl (C=O) groups excluding carboxylic acids is 2. The molecule has 0 saturated heterocycles. The van der Waals surface area contributed by atoms with Gasteiger partial charge in [0.15, 0.2) is 0 Å². The summed E-state index contributed by atoms with van der Waals surface area (Å²) < 4.78 is 41.8. The fourth-order valence-electron chi connectivity index (χ4n) is 5.32. The fraction of sp³-hybridized carbons (Fsp3) is 0.538. The van der Waals surface area contributed by atoms with Gasteiger partial charge in [0.05, 0.1) is 22.8 Å². The van der Waals surface area contributed by atoms with E-state index >= 15 is 0 Å². The van der Waals surface area contributed by atoms with Crippen molar-refractivity contribution < 1.29 is 22.8 Å². The number of anilines is 1. The van der Waals surface area contributed by atoms with Gasteiger partial charge in [0.25, 0.3) is 11.5 Å². The molecule has 2 heterocycles. The van der Waals surface area contributed by atoms with Crippen LogP contribution in [0.2, 0.25) is 5.02 Å². The number of amides is 2. The minimum absolute atomic E-state index is 0.0201. The summed E-state index contributed by atoms with van der Waals surface area (Å²) in [4.78, 5) is 45.4. The Morgan fingerprint density at radius 2 is 1.92 bits per heavy atom. The molecule has 12 heteroatoms. The Bertz CT molecular complexity index is 1310. The maximum atomic E-state index is 13.8. The molecule has 3 atom stereocenters. The van der Waals surface area contributed by atoms with Crippen LogP contribution in [0.4, 0.5) is 19.1 Å². The number of nitrogens with zero attached hydrogens (tertiary/aromatic N) is 3. The second-order valence-electron chi connectivity index (χ2n) is 10.3. The molecule has 0 bridgehead atoms. The van der Waals surface area contributed by atoms with Crippen LogP contribution in [0.15, 0.2) is 23.0 Å². The average molecular weight is 554 g/mol. The highest BCUT2D eigenvalue weighted by Gasteiger charge is 2.38. The molecule has 1 fully saturated rings. The number of rotatable bonds is 5. The van der Waals surface area contributed by atoms with E-state index in [0.717, 1.165) is 12.1 Å². The van der Waals surface area contributed by atoms with Gasteiger partial charge in [0.1, 0.15) is 0 Å². The second-order valence-corrected chi connectivity index (χ2v) is 10.7. The minimum Gasteiger partial charge on any atom is -0.359 e. The van der Waals surface area contributed by atoms with Crippen LogP contribution in [-0.2, 0) is 23.9 Å². The molecule has 0 unspecified atom stereocenters. The largest absolute Gasteiger partial charge is 0.417 e. The van der Waals surface area contributed by atoms with Crippen LogP contribution in [0.25, 0.3) is 0 Å². The zero-order chi connectivity index (χ0) is 27.9. The van der Waals surface area contributed by atoms with E-state index in [2.05, 4.69) is 10.6 Å². The maximum Gasteiger partial charge on any atom is 0.417 e. The minimum atomic E-state index is -4.70. The molecular weight excluding hydrogens is 523 g/mol. The van der Waals surface area contributed by atoms with E-state index in [1.54, 1.807) is 18.5 Å². The Hall–Kier alpha value is -3.08. The average Bonchev–Trinajstić information content (AvgIpc) is 3.32. The Balaban J connectivity index is 1.69. The number of nitrogens with one attached hydrogen (secondary N) is 2. The van der Waals surface area contributed by atoms with Gasteiger partial charge in [0.2, 0.25) is 11.9 Å². The highest BCUT2D eigenvalue weighted by molar-refractivity contribution is 6.31. The van der Waals surface area contributed by atoms with Crippen molar-refractivity contribution in [3.8, 4) is 0 Å². The fourth-order valence-corrected chi connectivity index (χ4v) is 5.54. The Labute approximate surface area is 223 Å². The van der Waals surface area contributed by atoms with Crippen molar-refractivity contribution in [2.75, 3.05) is 12.4 Å². The predicted octanol–water partition coefficient (Wildman–Crippen LogP) is 4.41. The third-order valence-corrected chi connectivity index (χ3v) is 7.56. The first kappa shape index (κ1) is 27.9. The molecule has 1 aromatic carbocycles. The molecule has 0 spiro atoms. The summed E-state index contributed by atoms with van der Waals surface area (Å²) in [7, 11) is 1.59. The van der Waals surface area contributed by atoms with E-state index in [9.17, 15) is 27.6 Å². The zero-order valence-electron chi connectivity index (χ0n) is 21.7. The van der Waals surface area contributed by atoms with Gasteiger partial charge in [-0.05, 0) is 64.7 Å². The van der Waals surface area contributed by atoms with Crippen molar-refractivity contribution in [2.45, 2.75) is 77.3 Å². The lowest BCUT2D eigenvalue weighted by Crippen LogP contribution is -2.46. The van der Waals surface area contributed by atoms with Crippen LogP contribution >= 0.6 is 11.6 Å². The van der Waals surface area contributed by atoms with E-state index in [0.29, 0.717) is 36.5 Å². The maximum absolute atomic E-state index is 13.8. The van der Waals surface area contributed by atoms with Crippen LogP contribution in [0.3, 0.4) is 0 Å². The molecule has 2 amide bonds. The third-order valence-electron chi connectivity index (χ3n) is 7.23. The van der Waals surface area contributed by atoms with E-state index in [4.69, 9.17) is 16.6 Å². The molecule has 206 valence electrons. The zero-order valence-corrected chi connectivity index (χ0v) is 22.4. The molecule has 2 aliphatic rings. The molecule has 2 N–H and O–H groups in total.